The van der Waals surface area contributed by atoms with E-state index in [1.165, 1.54) is 24.3 Å². The Balaban J connectivity index is 1.89. The fourth-order valence-corrected chi connectivity index (χ4v) is 2.76. The normalized spacial score (nSPS) is 11.4. The molecule has 2 aromatic carbocycles. The number of aromatic nitrogens is 2. The standard InChI is InChI=1S/C19H15ClF3N3O2/c1-11-3-8-15(12(2)9-11)25-18(27)28-16-10-24-26(17(16)19(21,22)23)14-6-4-13(20)5-7-14/h3-10H,1-2H3,(H,25,27). The molecule has 0 atom stereocenters. The van der Waals surface area contributed by atoms with Gasteiger partial charge in [-0.25, -0.2) is 9.48 Å². The third-order valence-electron chi connectivity index (χ3n) is 3.90. The van der Waals surface area contributed by atoms with E-state index in [-0.39, 0.29) is 5.69 Å². The van der Waals surface area contributed by atoms with E-state index in [1.807, 2.05) is 13.0 Å². The van der Waals surface area contributed by atoms with Crippen LogP contribution >= 0.6 is 11.6 Å². The van der Waals surface area contributed by atoms with Gasteiger partial charge in [0.2, 0.25) is 0 Å². The molecule has 0 spiro atoms. The summed E-state index contributed by atoms with van der Waals surface area (Å²) in [6.45, 7) is 3.65. The predicted molar refractivity (Wildman–Crippen MR) is 99.1 cm³/mol. The lowest BCUT2D eigenvalue weighted by Gasteiger charge is -2.13. The van der Waals surface area contributed by atoms with Gasteiger partial charge in [0.05, 0.1) is 11.9 Å². The predicted octanol–water partition coefficient (Wildman–Crippen LogP) is 5.77. The van der Waals surface area contributed by atoms with Crippen molar-refractivity contribution in [2.75, 3.05) is 5.32 Å². The Morgan fingerprint density at radius 2 is 1.82 bits per heavy atom. The Morgan fingerprint density at radius 1 is 1.14 bits per heavy atom. The summed E-state index contributed by atoms with van der Waals surface area (Å²) < 4.78 is 46.3. The highest BCUT2D eigenvalue weighted by molar-refractivity contribution is 6.30. The number of alkyl halides is 3. The van der Waals surface area contributed by atoms with Crippen LogP contribution in [0, 0.1) is 13.8 Å². The van der Waals surface area contributed by atoms with Crippen molar-refractivity contribution in [2.45, 2.75) is 20.0 Å². The molecule has 0 aliphatic carbocycles. The maximum Gasteiger partial charge on any atom is 0.437 e. The molecule has 1 amide bonds. The fourth-order valence-electron chi connectivity index (χ4n) is 2.64. The van der Waals surface area contributed by atoms with Crippen LogP contribution in [0.4, 0.5) is 23.7 Å². The number of aryl methyl sites for hydroxylation is 2. The van der Waals surface area contributed by atoms with Crippen molar-refractivity contribution in [2.24, 2.45) is 0 Å². The lowest BCUT2D eigenvalue weighted by Crippen LogP contribution is -2.20. The molecule has 1 aromatic heterocycles. The van der Waals surface area contributed by atoms with Gasteiger partial charge in [-0.2, -0.15) is 18.3 Å². The summed E-state index contributed by atoms with van der Waals surface area (Å²) in [7, 11) is 0. The summed E-state index contributed by atoms with van der Waals surface area (Å²) in [4.78, 5) is 12.1. The van der Waals surface area contributed by atoms with Crippen molar-refractivity contribution in [1.29, 1.82) is 0 Å². The van der Waals surface area contributed by atoms with Crippen molar-refractivity contribution >= 4 is 23.4 Å². The molecule has 5 nitrogen and oxygen atoms in total. The van der Waals surface area contributed by atoms with Gasteiger partial charge in [-0.15, -0.1) is 0 Å². The van der Waals surface area contributed by atoms with E-state index in [0.29, 0.717) is 15.4 Å². The third-order valence-corrected chi connectivity index (χ3v) is 4.15. The summed E-state index contributed by atoms with van der Waals surface area (Å²) in [5.41, 5.74) is 1.10. The second-order valence-electron chi connectivity index (χ2n) is 6.08. The smallest absolute Gasteiger partial charge is 0.406 e. The zero-order chi connectivity index (χ0) is 20.5. The highest BCUT2D eigenvalue weighted by atomic mass is 35.5. The molecule has 28 heavy (non-hydrogen) atoms. The lowest BCUT2D eigenvalue weighted by molar-refractivity contribution is -0.143. The first-order valence-corrected chi connectivity index (χ1v) is 8.50. The molecule has 146 valence electrons. The van der Waals surface area contributed by atoms with Gasteiger partial charge in [0, 0.05) is 10.7 Å². The minimum Gasteiger partial charge on any atom is -0.406 e. The number of carbonyl (C=O) groups excluding carboxylic acids is 1. The zero-order valence-corrected chi connectivity index (χ0v) is 15.6. The van der Waals surface area contributed by atoms with E-state index < -0.39 is 23.7 Å². The Kier molecular flexibility index (Phi) is 5.33. The highest BCUT2D eigenvalue weighted by Gasteiger charge is 2.40. The Bertz CT molecular complexity index is 1010. The summed E-state index contributed by atoms with van der Waals surface area (Å²) in [6.07, 6.45) is -5.00. The maximum absolute atomic E-state index is 13.6. The zero-order valence-electron chi connectivity index (χ0n) is 14.8. The van der Waals surface area contributed by atoms with Crippen LogP contribution in [0.3, 0.4) is 0 Å². The quantitative estimate of drug-likeness (QED) is 0.597. The van der Waals surface area contributed by atoms with Crippen molar-refractivity contribution < 1.29 is 22.7 Å². The summed E-state index contributed by atoms with van der Waals surface area (Å²) in [6, 6.07) is 10.9. The van der Waals surface area contributed by atoms with Crippen LogP contribution < -0.4 is 10.1 Å². The molecule has 0 aliphatic heterocycles. The number of nitrogens with one attached hydrogen (secondary N) is 1. The van der Waals surface area contributed by atoms with Crippen LogP contribution in [0.15, 0.2) is 48.7 Å². The molecule has 0 saturated carbocycles. The van der Waals surface area contributed by atoms with Crippen molar-refractivity contribution in [3.8, 4) is 11.4 Å². The van der Waals surface area contributed by atoms with Crippen molar-refractivity contribution in [1.82, 2.24) is 9.78 Å². The van der Waals surface area contributed by atoms with Gasteiger partial charge in [0.15, 0.2) is 11.4 Å². The monoisotopic (exact) mass is 409 g/mol. The number of anilines is 1. The van der Waals surface area contributed by atoms with Gasteiger partial charge in [0.25, 0.3) is 0 Å². The maximum atomic E-state index is 13.6. The van der Waals surface area contributed by atoms with Gasteiger partial charge in [-0.05, 0) is 49.7 Å². The molecule has 0 unspecified atom stereocenters. The van der Waals surface area contributed by atoms with Crippen LogP contribution in [-0.2, 0) is 6.18 Å². The van der Waals surface area contributed by atoms with Crippen LogP contribution in [-0.4, -0.2) is 15.9 Å². The molecule has 3 rings (SSSR count). The molecule has 3 aromatic rings. The molecule has 1 N–H and O–H groups in total. The topological polar surface area (TPSA) is 56.1 Å². The number of hydrogen-bond donors (Lipinski definition) is 1. The van der Waals surface area contributed by atoms with Gasteiger partial charge in [-0.1, -0.05) is 29.3 Å². The number of halogens is 4. The SMILES string of the molecule is Cc1ccc(NC(=O)Oc2cnn(-c3ccc(Cl)cc3)c2C(F)(F)F)c(C)c1. The van der Waals surface area contributed by atoms with Crippen LogP contribution in [0.25, 0.3) is 5.69 Å². The largest absolute Gasteiger partial charge is 0.437 e. The summed E-state index contributed by atoms with van der Waals surface area (Å²) in [5.74, 6) is -0.704. The Morgan fingerprint density at radius 3 is 2.43 bits per heavy atom. The molecule has 0 fully saturated rings. The van der Waals surface area contributed by atoms with E-state index in [0.717, 1.165) is 17.3 Å². The first kappa shape index (κ1) is 19.8. The number of rotatable bonds is 3. The fraction of sp³-hybridized carbons (Fsp3) is 0.158. The molecular formula is C19H15ClF3N3O2. The summed E-state index contributed by atoms with van der Waals surface area (Å²) in [5, 5.41) is 6.53. The molecule has 0 bridgehead atoms. The van der Waals surface area contributed by atoms with E-state index in [1.54, 1.807) is 19.1 Å². The molecular weight excluding hydrogens is 395 g/mol. The number of benzene rings is 2. The average molecular weight is 410 g/mol. The number of ether oxygens (including phenoxy) is 1. The molecule has 0 saturated heterocycles. The Labute approximate surface area is 163 Å². The van der Waals surface area contributed by atoms with Gasteiger partial charge in [-0.3, -0.25) is 5.32 Å². The number of amides is 1. The lowest BCUT2D eigenvalue weighted by atomic mass is 10.1. The van der Waals surface area contributed by atoms with Gasteiger partial charge < -0.3 is 4.74 Å². The number of hydrogen-bond acceptors (Lipinski definition) is 3. The number of nitrogens with zero attached hydrogens (tertiary/aromatic N) is 2. The van der Waals surface area contributed by atoms with Gasteiger partial charge >= 0.3 is 12.3 Å². The number of carbonyl (C=O) groups is 1. The van der Waals surface area contributed by atoms with E-state index in [2.05, 4.69) is 10.4 Å². The minimum atomic E-state index is -4.80. The molecule has 0 radical (unpaired) electrons. The summed E-state index contributed by atoms with van der Waals surface area (Å²) >= 11 is 5.77. The van der Waals surface area contributed by atoms with E-state index >= 15 is 0 Å². The first-order chi connectivity index (χ1) is 13.1. The van der Waals surface area contributed by atoms with Crippen molar-refractivity contribution in [3.05, 3.63) is 70.5 Å². The van der Waals surface area contributed by atoms with Crippen LogP contribution in [0.1, 0.15) is 16.8 Å². The Hall–Kier alpha value is -3.00. The molecule has 9 heteroatoms. The highest BCUT2D eigenvalue weighted by Crippen LogP contribution is 2.38. The minimum absolute atomic E-state index is 0.126. The average Bonchev–Trinajstić information content (AvgIpc) is 3.02. The third kappa shape index (κ3) is 4.28. The van der Waals surface area contributed by atoms with Gasteiger partial charge in [0.1, 0.15) is 0 Å². The first-order valence-electron chi connectivity index (χ1n) is 8.12. The molecule has 1 heterocycles. The second kappa shape index (κ2) is 7.55. The van der Waals surface area contributed by atoms with Crippen LogP contribution in [0.5, 0.6) is 5.75 Å². The second-order valence-corrected chi connectivity index (χ2v) is 6.51. The van der Waals surface area contributed by atoms with E-state index in [4.69, 9.17) is 16.3 Å². The van der Waals surface area contributed by atoms with E-state index in [9.17, 15) is 18.0 Å². The van der Waals surface area contributed by atoms with Crippen molar-refractivity contribution in [3.63, 3.8) is 0 Å². The molecule has 0 aliphatic rings. The van der Waals surface area contributed by atoms with Crippen LogP contribution in [0.2, 0.25) is 5.02 Å².